The Morgan fingerprint density at radius 2 is 1.36 bits per heavy atom. The second kappa shape index (κ2) is 14.9. The fraction of sp³-hybridized carbons (Fsp3) is 0.600. The second-order valence-electron chi connectivity index (χ2n) is 7.72. The topological polar surface area (TPSA) is 246 Å². The minimum absolute atomic E-state index is 0.0459. The molecule has 0 aromatic heterocycles. The number of hydroxylamine groups is 2. The number of amides is 5. The maximum atomic E-state index is 11.9. The molecule has 16 heteroatoms. The minimum Gasteiger partial charge on any atom is -0.481 e. The zero-order valence-electron chi connectivity index (χ0n) is 19.2. The standard InChI is InChI=1S/C20H28N4O12/c25-13(5-9-17(30)36-24-14(26)6-7-15(24)27)21-10-2-1-3-11(18(31)32)22-20(35)23-12(19(33)34)4-8-16(28)29/h11-12H,1-10H2,(H,21,25)(H,28,29)(H,31,32)(H,33,34)(H2,22,23,35)/t11-,12-/m0/s1. The molecule has 0 aromatic carbocycles. The molecule has 36 heavy (non-hydrogen) atoms. The van der Waals surface area contributed by atoms with Crippen LogP contribution in [0.1, 0.15) is 57.8 Å². The number of carbonyl (C=O) groups excluding carboxylic acids is 5. The van der Waals surface area contributed by atoms with Crippen molar-refractivity contribution in [3.63, 3.8) is 0 Å². The van der Waals surface area contributed by atoms with E-state index >= 15 is 0 Å². The first kappa shape index (κ1) is 29.8. The summed E-state index contributed by atoms with van der Waals surface area (Å²) in [4.78, 5) is 95.8. The molecule has 0 saturated carbocycles. The number of carboxylic acids is 3. The van der Waals surface area contributed by atoms with Gasteiger partial charge in [-0.25, -0.2) is 19.2 Å². The van der Waals surface area contributed by atoms with E-state index in [1.807, 2.05) is 5.32 Å². The van der Waals surface area contributed by atoms with Gasteiger partial charge in [-0.1, -0.05) is 0 Å². The Balaban J connectivity index is 2.29. The molecule has 200 valence electrons. The van der Waals surface area contributed by atoms with Gasteiger partial charge in [0.15, 0.2) is 0 Å². The molecule has 1 rings (SSSR count). The molecular formula is C20H28N4O12. The van der Waals surface area contributed by atoms with Crippen LogP contribution in [0.5, 0.6) is 0 Å². The molecule has 0 spiro atoms. The number of aliphatic carboxylic acids is 3. The number of nitrogens with zero attached hydrogens (tertiary/aromatic N) is 1. The smallest absolute Gasteiger partial charge is 0.333 e. The molecule has 0 radical (unpaired) electrons. The van der Waals surface area contributed by atoms with Gasteiger partial charge in [-0.15, -0.1) is 5.06 Å². The SMILES string of the molecule is O=C(O)CC[C@H](NC(=O)N[C@@H](CCCCNC(=O)CCC(=O)ON1C(=O)CCC1=O)C(=O)O)C(=O)O. The van der Waals surface area contributed by atoms with Crippen molar-refractivity contribution in [1.82, 2.24) is 21.0 Å². The van der Waals surface area contributed by atoms with Gasteiger partial charge in [0.2, 0.25) is 5.91 Å². The molecule has 0 unspecified atom stereocenters. The zero-order valence-corrected chi connectivity index (χ0v) is 19.2. The number of carboxylic acid groups (broad SMARTS) is 3. The number of imide groups is 1. The molecule has 2 atom stereocenters. The van der Waals surface area contributed by atoms with Crippen LogP contribution in [0.3, 0.4) is 0 Å². The van der Waals surface area contributed by atoms with Gasteiger partial charge in [0.05, 0.1) is 6.42 Å². The van der Waals surface area contributed by atoms with E-state index in [2.05, 4.69) is 15.5 Å². The van der Waals surface area contributed by atoms with E-state index in [4.69, 9.17) is 10.2 Å². The predicted octanol–water partition coefficient (Wildman–Crippen LogP) is -1.27. The molecule has 0 bridgehead atoms. The van der Waals surface area contributed by atoms with Crippen molar-refractivity contribution in [2.24, 2.45) is 0 Å². The van der Waals surface area contributed by atoms with Crippen LogP contribution in [-0.2, 0) is 38.4 Å². The average molecular weight is 516 g/mol. The summed E-state index contributed by atoms with van der Waals surface area (Å²) in [5, 5.41) is 33.9. The van der Waals surface area contributed by atoms with Gasteiger partial charge in [-0.05, 0) is 25.7 Å². The molecule has 1 heterocycles. The van der Waals surface area contributed by atoms with Crippen LogP contribution in [0, 0.1) is 0 Å². The van der Waals surface area contributed by atoms with Crippen molar-refractivity contribution >= 4 is 47.6 Å². The lowest BCUT2D eigenvalue weighted by molar-refractivity contribution is -0.197. The van der Waals surface area contributed by atoms with Crippen LogP contribution in [0.25, 0.3) is 0 Å². The highest BCUT2D eigenvalue weighted by molar-refractivity contribution is 6.01. The number of unbranched alkanes of at least 4 members (excludes halogenated alkanes) is 1. The van der Waals surface area contributed by atoms with Crippen molar-refractivity contribution in [1.29, 1.82) is 0 Å². The predicted molar refractivity (Wildman–Crippen MR) is 115 cm³/mol. The summed E-state index contributed by atoms with van der Waals surface area (Å²) in [7, 11) is 0. The lowest BCUT2D eigenvalue weighted by atomic mass is 10.1. The maximum absolute atomic E-state index is 11.9. The van der Waals surface area contributed by atoms with Crippen molar-refractivity contribution in [2.75, 3.05) is 6.54 Å². The highest BCUT2D eigenvalue weighted by atomic mass is 16.7. The van der Waals surface area contributed by atoms with Crippen LogP contribution >= 0.6 is 0 Å². The van der Waals surface area contributed by atoms with Gasteiger partial charge in [-0.2, -0.15) is 0 Å². The maximum Gasteiger partial charge on any atom is 0.333 e. The van der Waals surface area contributed by atoms with Gasteiger partial charge < -0.3 is 36.1 Å². The Morgan fingerprint density at radius 1 is 0.806 bits per heavy atom. The number of hydrogen-bond donors (Lipinski definition) is 6. The van der Waals surface area contributed by atoms with Crippen molar-refractivity contribution in [3.05, 3.63) is 0 Å². The van der Waals surface area contributed by atoms with E-state index in [1.165, 1.54) is 0 Å². The van der Waals surface area contributed by atoms with Crippen LogP contribution in [0.4, 0.5) is 4.79 Å². The third-order valence-corrected chi connectivity index (χ3v) is 4.85. The third kappa shape index (κ3) is 11.3. The summed E-state index contributed by atoms with van der Waals surface area (Å²) in [5.74, 6) is -6.81. The van der Waals surface area contributed by atoms with E-state index < -0.39 is 66.1 Å². The molecule has 6 N–H and O–H groups in total. The van der Waals surface area contributed by atoms with Gasteiger partial charge in [0.1, 0.15) is 12.1 Å². The molecular weight excluding hydrogens is 488 g/mol. The molecule has 0 aliphatic carbocycles. The zero-order chi connectivity index (χ0) is 27.3. The molecule has 1 aliphatic rings. The van der Waals surface area contributed by atoms with Crippen molar-refractivity contribution < 1.29 is 58.5 Å². The first-order chi connectivity index (χ1) is 16.9. The largest absolute Gasteiger partial charge is 0.481 e. The Bertz CT molecular complexity index is 874. The summed E-state index contributed by atoms with van der Waals surface area (Å²) >= 11 is 0. The van der Waals surface area contributed by atoms with Crippen LogP contribution in [0.15, 0.2) is 0 Å². The Morgan fingerprint density at radius 3 is 1.89 bits per heavy atom. The highest BCUT2D eigenvalue weighted by Gasteiger charge is 2.32. The number of nitrogens with one attached hydrogen (secondary N) is 3. The molecule has 5 amide bonds. The van der Waals surface area contributed by atoms with Gasteiger partial charge in [0.25, 0.3) is 11.8 Å². The summed E-state index contributed by atoms with van der Waals surface area (Å²) in [6.45, 7) is 0.131. The minimum atomic E-state index is -1.51. The molecule has 1 fully saturated rings. The Kier molecular flexibility index (Phi) is 12.3. The van der Waals surface area contributed by atoms with Crippen molar-refractivity contribution in [3.8, 4) is 0 Å². The average Bonchev–Trinajstić information content (AvgIpc) is 3.10. The van der Waals surface area contributed by atoms with E-state index in [9.17, 15) is 43.5 Å². The number of urea groups is 1. The van der Waals surface area contributed by atoms with E-state index in [1.54, 1.807) is 0 Å². The normalized spacial score (nSPS) is 14.5. The van der Waals surface area contributed by atoms with E-state index in [0.29, 0.717) is 11.5 Å². The Hall–Kier alpha value is -4.24. The Labute approximate surface area is 204 Å². The number of hydrogen-bond acceptors (Lipinski definition) is 9. The lowest BCUT2D eigenvalue weighted by Gasteiger charge is -2.18. The third-order valence-electron chi connectivity index (χ3n) is 4.85. The number of rotatable bonds is 16. The van der Waals surface area contributed by atoms with E-state index in [0.717, 1.165) is 0 Å². The van der Waals surface area contributed by atoms with Crippen LogP contribution in [0.2, 0.25) is 0 Å². The van der Waals surface area contributed by atoms with Gasteiger partial charge in [-0.3, -0.25) is 19.2 Å². The fourth-order valence-corrected chi connectivity index (χ4v) is 2.95. The highest BCUT2D eigenvalue weighted by Crippen LogP contribution is 2.13. The first-order valence-corrected chi connectivity index (χ1v) is 11.0. The molecule has 16 nitrogen and oxygen atoms in total. The molecule has 1 saturated heterocycles. The number of carbonyl (C=O) groups is 8. The first-order valence-electron chi connectivity index (χ1n) is 11.0. The summed E-state index contributed by atoms with van der Waals surface area (Å²) in [5.41, 5.74) is 0. The summed E-state index contributed by atoms with van der Waals surface area (Å²) in [6.07, 6.45) is -1.11. The monoisotopic (exact) mass is 516 g/mol. The summed E-state index contributed by atoms with van der Waals surface area (Å²) < 4.78 is 0. The quantitative estimate of drug-likeness (QED) is 0.104. The van der Waals surface area contributed by atoms with Crippen molar-refractivity contribution in [2.45, 2.75) is 69.9 Å². The lowest BCUT2D eigenvalue weighted by Crippen LogP contribution is -2.51. The fourth-order valence-electron chi connectivity index (χ4n) is 2.95. The van der Waals surface area contributed by atoms with Gasteiger partial charge >= 0.3 is 29.9 Å². The van der Waals surface area contributed by atoms with Gasteiger partial charge in [0, 0.05) is 32.2 Å². The summed E-state index contributed by atoms with van der Waals surface area (Å²) in [6, 6.07) is -3.96. The molecule has 1 aliphatic heterocycles. The van der Waals surface area contributed by atoms with Crippen LogP contribution < -0.4 is 16.0 Å². The molecule has 0 aromatic rings. The second-order valence-corrected chi connectivity index (χ2v) is 7.72. The van der Waals surface area contributed by atoms with Crippen LogP contribution in [-0.4, -0.2) is 86.6 Å². The van der Waals surface area contributed by atoms with E-state index in [-0.39, 0.29) is 51.5 Å².